The normalized spacial score (nSPS) is 13.3. The largest absolute Gasteiger partial charge is 0.481 e. The number of aromatic nitrogens is 1. The van der Waals surface area contributed by atoms with Crippen molar-refractivity contribution in [3.05, 3.63) is 52.4 Å². The van der Waals surface area contributed by atoms with Crippen LogP contribution in [0.1, 0.15) is 46.6 Å². The molecule has 8 heteroatoms. The number of carboxylic acid groups (broad SMARTS) is 1. The zero-order valence-electron chi connectivity index (χ0n) is 14.0. The van der Waals surface area contributed by atoms with Crippen LogP contribution < -0.4 is 0 Å². The first kappa shape index (κ1) is 18.0. The van der Waals surface area contributed by atoms with Gasteiger partial charge in [-0.2, -0.15) is 0 Å². The molecule has 2 aromatic rings. The maximum Gasteiger partial charge on any atom is 0.305 e. The van der Waals surface area contributed by atoms with Crippen LogP contribution in [0, 0.1) is 11.6 Å². The van der Waals surface area contributed by atoms with Gasteiger partial charge in [-0.05, 0) is 37.0 Å². The van der Waals surface area contributed by atoms with Crippen molar-refractivity contribution in [3.63, 3.8) is 0 Å². The minimum atomic E-state index is -1.06. The molecule has 0 atom stereocenters. The summed E-state index contributed by atoms with van der Waals surface area (Å²) < 4.78 is 31.8. The molecule has 26 heavy (non-hydrogen) atoms. The molecule has 1 aromatic heterocycles. The van der Waals surface area contributed by atoms with Gasteiger partial charge >= 0.3 is 5.97 Å². The van der Waals surface area contributed by atoms with Gasteiger partial charge in [-0.3, -0.25) is 9.59 Å². The Morgan fingerprint density at radius 3 is 2.69 bits per heavy atom. The molecule has 1 amide bonds. The van der Waals surface area contributed by atoms with E-state index < -0.39 is 23.5 Å². The number of aliphatic carboxylic acids is 1. The lowest BCUT2D eigenvalue weighted by atomic mass is 9.96. The molecule has 0 radical (unpaired) electrons. The Morgan fingerprint density at radius 2 is 1.96 bits per heavy atom. The second-order valence-electron chi connectivity index (χ2n) is 6.26. The van der Waals surface area contributed by atoms with Gasteiger partial charge in [0, 0.05) is 25.1 Å². The van der Waals surface area contributed by atoms with Crippen molar-refractivity contribution < 1.29 is 28.0 Å². The number of carbonyl (C=O) groups is 2. The van der Waals surface area contributed by atoms with Crippen molar-refractivity contribution >= 4 is 11.9 Å². The van der Waals surface area contributed by atoms with Crippen molar-refractivity contribution in [2.24, 2.45) is 0 Å². The number of halogens is 2. The molecule has 0 bridgehead atoms. The van der Waals surface area contributed by atoms with Crippen LogP contribution in [0.4, 0.5) is 8.78 Å². The number of carboxylic acids is 1. The zero-order valence-corrected chi connectivity index (χ0v) is 14.0. The van der Waals surface area contributed by atoms with E-state index in [1.54, 1.807) is 0 Å². The van der Waals surface area contributed by atoms with Crippen LogP contribution in [0.2, 0.25) is 0 Å². The monoisotopic (exact) mass is 364 g/mol. The molecule has 0 saturated heterocycles. The highest BCUT2D eigenvalue weighted by atomic mass is 19.2. The predicted molar refractivity (Wildman–Crippen MR) is 86.5 cm³/mol. The fourth-order valence-electron chi connectivity index (χ4n) is 3.04. The van der Waals surface area contributed by atoms with Crippen molar-refractivity contribution in [1.29, 1.82) is 0 Å². The molecule has 0 spiro atoms. The fraction of sp³-hybridized carbons (Fsp3) is 0.389. The molecule has 1 aliphatic rings. The van der Waals surface area contributed by atoms with Crippen molar-refractivity contribution in [2.45, 2.75) is 38.6 Å². The van der Waals surface area contributed by atoms with E-state index in [0.717, 1.165) is 30.5 Å². The lowest BCUT2D eigenvalue weighted by molar-refractivity contribution is -0.137. The number of benzene rings is 1. The van der Waals surface area contributed by atoms with E-state index in [0.29, 0.717) is 24.2 Å². The van der Waals surface area contributed by atoms with Crippen LogP contribution in [-0.2, 0) is 24.2 Å². The summed E-state index contributed by atoms with van der Waals surface area (Å²) in [6.45, 7) is -0.125. The summed E-state index contributed by atoms with van der Waals surface area (Å²) in [6, 6.07) is 3.33. The summed E-state index contributed by atoms with van der Waals surface area (Å²) in [6.07, 6.45) is 3.02. The Labute approximate surface area is 148 Å². The van der Waals surface area contributed by atoms with E-state index in [1.165, 1.54) is 11.0 Å². The third kappa shape index (κ3) is 3.89. The smallest absolute Gasteiger partial charge is 0.305 e. The molecule has 3 rings (SSSR count). The Balaban J connectivity index is 1.85. The summed E-state index contributed by atoms with van der Waals surface area (Å²) in [5, 5.41) is 12.8. The van der Waals surface area contributed by atoms with Gasteiger partial charge in [0.2, 0.25) is 0 Å². The van der Waals surface area contributed by atoms with E-state index >= 15 is 0 Å². The predicted octanol–water partition coefficient (Wildman–Crippen LogP) is 2.95. The summed E-state index contributed by atoms with van der Waals surface area (Å²) in [4.78, 5) is 25.1. The van der Waals surface area contributed by atoms with Crippen LogP contribution in [0.25, 0.3) is 0 Å². The number of nitrogens with zero attached hydrogens (tertiary/aromatic N) is 2. The third-order valence-electron chi connectivity index (χ3n) is 4.39. The van der Waals surface area contributed by atoms with Gasteiger partial charge in [0.1, 0.15) is 5.76 Å². The maximum atomic E-state index is 13.4. The first-order chi connectivity index (χ1) is 12.5. The highest BCUT2D eigenvalue weighted by Crippen LogP contribution is 2.25. The van der Waals surface area contributed by atoms with E-state index in [-0.39, 0.29) is 25.2 Å². The van der Waals surface area contributed by atoms with E-state index in [9.17, 15) is 18.4 Å². The Morgan fingerprint density at radius 1 is 1.19 bits per heavy atom. The molecule has 6 nitrogen and oxygen atoms in total. The molecule has 1 heterocycles. The fourth-order valence-corrected chi connectivity index (χ4v) is 3.04. The van der Waals surface area contributed by atoms with Crippen LogP contribution in [0.3, 0.4) is 0 Å². The summed E-state index contributed by atoms with van der Waals surface area (Å²) in [7, 11) is 0. The van der Waals surface area contributed by atoms with Gasteiger partial charge in [-0.15, -0.1) is 0 Å². The molecule has 0 saturated carbocycles. The summed E-state index contributed by atoms with van der Waals surface area (Å²) in [5.41, 5.74) is 1.29. The SMILES string of the molecule is O=C(O)CCN(Cc1ccc(F)c(F)c1)C(=O)c1noc2c1CCCC2. The summed E-state index contributed by atoms with van der Waals surface area (Å²) in [5.74, 6) is -2.85. The number of fused-ring (bicyclic) bond motifs is 1. The van der Waals surface area contributed by atoms with Gasteiger partial charge in [-0.1, -0.05) is 11.2 Å². The first-order valence-electron chi connectivity index (χ1n) is 8.38. The van der Waals surface area contributed by atoms with Crippen LogP contribution >= 0.6 is 0 Å². The second kappa shape index (κ2) is 7.63. The topological polar surface area (TPSA) is 83.6 Å². The molecule has 0 fully saturated rings. The Bertz CT molecular complexity index is 835. The second-order valence-corrected chi connectivity index (χ2v) is 6.26. The van der Waals surface area contributed by atoms with Gasteiger partial charge < -0.3 is 14.5 Å². The number of hydrogen-bond acceptors (Lipinski definition) is 4. The highest BCUT2D eigenvalue weighted by Gasteiger charge is 2.28. The Kier molecular flexibility index (Phi) is 5.29. The maximum absolute atomic E-state index is 13.4. The number of aryl methyl sites for hydroxylation is 1. The number of rotatable bonds is 6. The first-order valence-corrected chi connectivity index (χ1v) is 8.38. The number of hydrogen-bond donors (Lipinski definition) is 1. The van der Waals surface area contributed by atoms with Gasteiger partial charge in [0.25, 0.3) is 5.91 Å². The van der Waals surface area contributed by atoms with Gasteiger partial charge in [-0.25, -0.2) is 8.78 Å². The molecular formula is C18H18F2N2O4. The Hall–Kier alpha value is -2.77. The molecular weight excluding hydrogens is 346 g/mol. The average Bonchev–Trinajstić information content (AvgIpc) is 3.05. The average molecular weight is 364 g/mol. The number of amides is 1. The number of carbonyl (C=O) groups excluding carboxylic acids is 1. The molecule has 0 aliphatic heterocycles. The summed E-state index contributed by atoms with van der Waals surface area (Å²) >= 11 is 0. The van der Waals surface area contributed by atoms with Gasteiger partial charge in [0.05, 0.1) is 6.42 Å². The minimum absolute atomic E-state index is 0.0506. The third-order valence-corrected chi connectivity index (χ3v) is 4.39. The van der Waals surface area contributed by atoms with Crippen molar-refractivity contribution in [1.82, 2.24) is 10.1 Å². The minimum Gasteiger partial charge on any atom is -0.481 e. The van der Waals surface area contributed by atoms with Crippen LogP contribution in [0.5, 0.6) is 0 Å². The molecule has 1 aliphatic carbocycles. The quantitative estimate of drug-likeness (QED) is 0.852. The van der Waals surface area contributed by atoms with Crippen LogP contribution in [0.15, 0.2) is 22.7 Å². The highest BCUT2D eigenvalue weighted by molar-refractivity contribution is 5.94. The van der Waals surface area contributed by atoms with E-state index in [2.05, 4.69) is 5.16 Å². The molecule has 138 valence electrons. The van der Waals surface area contributed by atoms with Gasteiger partial charge in [0.15, 0.2) is 17.3 Å². The van der Waals surface area contributed by atoms with Crippen molar-refractivity contribution in [3.8, 4) is 0 Å². The molecule has 1 N–H and O–H groups in total. The van der Waals surface area contributed by atoms with E-state index in [4.69, 9.17) is 9.63 Å². The standard InChI is InChI=1S/C18H18F2N2O4/c19-13-6-5-11(9-14(13)20)10-22(8-7-16(23)24)18(25)17-12-3-1-2-4-15(12)26-21-17/h5-6,9H,1-4,7-8,10H2,(H,23,24). The zero-order chi connectivity index (χ0) is 18.7. The van der Waals surface area contributed by atoms with Crippen LogP contribution in [-0.4, -0.2) is 33.6 Å². The molecule has 0 unspecified atom stereocenters. The van der Waals surface area contributed by atoms with E-state index in [1.807, 2.05) is 0 Å². The lowest BCUT2D eigenvalue weighted by Crippen LogP contribution is -2.33. The van der Waals surface area contributed by atoms with Crippen molar-refractivity contribution in [2.75, 3.05) is 6.54 Å². The molecule has 1 aromatic carbocycles. The lowest BCUT2D eigenvalue weighted by Gasteiger charge is -2.22.